The van der Waals surface area contributed by atoms with Crippen LogP contribution in [-0.2, 0) is 18.9 Å². The van der Waals surface area contributed by atoms with Gasteiger partial charge in [0.1, 0.15) is 0 Å². The molecule has 0 heterocycles. The lowest BCUT2D eigenvalue weighted by Crippen LogP contribution is -2.47. The predicted molar refractivity (Wildman–Crippen MR) is 80.6 cm³/mol. The minimum Gasteiger partial charge on any atom is -0.394 e. The average Bonchev–Trinajstić information content (AvgIpc) is 3.28. The molecule has 6 nitrogen and oxygen atoms in total. The van der Waals surface area contributed by atoms with Gasteiger partial charge < -0.3 is 29.4 Å². The predicted octanol–water partition coefficient (Wildman–Crippen LogP) is 0.576. The van der Waals surface area contributed by atoms with Gasteiger partial charge in [0.2, 0.25) is 0 Å². The highest BCUT2D eigenvalue weighted by atomic mass is 16.6. The number of nitrogens with one attached hydrogen (secondary N) is 1. The second-order valence-corrected chi connectivity index (χ2v) is 5.72. The lowest BCUT2D eigenvalue weighted by atomic mass is 9.99. The number of hydrogen-bond donors (Lipinski definition) is 2. The van der Waals surface area contributed by atoms with Gasteiger partial charge in [-0.1, -0.05) is 0 Å². The standard InChI is InChI=1S/C15H31NO5/c1-15(13-17,16-14-3-4-14)5-6-19-9-10-21-12-11-20-8-7-18-2/h14,16-17H,3-13H2,1-2H3. The highest BCUT2D eigenvalue weighted by Crippen LogP contribution is 2.23. The number of aliphatic hydroxyl groups excluding tert-OH is 1. The summed E-state index contributed by atoms with van der Waals surface area (Å²) in [5.74, 6) is 0. The molecule has 1 rings (SSSR count). The molecule has 0 bridgehead atoms. The maximum absolute atomic E-state index is 9.46. The molecule has 1 atom stereocenters. The van der Waals surface area contributed by atoms with Crippen molar-refractivity contribution in [2.75, 3.05) is 60.0 Å². The largest absolute Gasteiger partial charge is 0.394 e. The van der Waals surface area contributed by atoms with E-state index in [-0.39, 0.29) is 12.1 Å². The van der Waals surface area contributed by atoms with Crippen LogP contribution in [0.4, 0.5) is 0 Å². The zero-order valence-electron chi connectivity index (χ0n) is 13.4. The molecule has 1 unspecified atom stereocenters. The highest BCUT2D eigenvalue weighted by Gasteiger charge is 2.31. The Morgan fingerprint density at radius 3 is 1.95 bits per heavy atom. The molecule has 0 spiro atoms. The Morgan fingerprint density at radius 1 is 0.952 bits per heavy atom. The molecular formula is C15H31NO5. The lowest BCUT2D eigenvalue weighted by molar-refractivity contribution is -0.000256. The van der Waals surface area contributed by atoms with Crippen molar-refractivity contribution in [3.05, 3.63) is 0 Å². The van der Waals surface area contributed by atoms with Gasteiger partial charge in [0.25, 0.3) is 0 Å². The van der Waals surface area contributed by atoms with E-state index < -0.39 is 0 Å². The summed E-state index contributed by atoms with van der Waals surface area (Å²) in [6.07, 6.45) is 3.24. The molecule has 1 fully saturated rings. The maximum Gasteiger partial charge on any atom is 0.0701 e. The SMILES string of the molecule is COCCOCCOCCOCCC(C)(CO)NC1CC1. The van der Waals surface area contributed by atoms with Crippen LogP contribution in [0.25, 0.3) is 0 Å². The van der Waals surface area contributed by atoms with Crippen molar-refractivity contribution in [1.82, 2.24) is 5.32 Å². The van der Waals surface area contributed by atoms with E-state index in [4.69, 9.17) is 18.9 Å². The zero-order chi connectivity index (χ0) is 15.4. The summed E-state index contributed by atoms with van der Waals surface area (Å²) in [4.78, 5) is 0. The molecule has 0 aromatic rings. The van der Waals surface area contributed by atoms with E-state index in [1.165, 1.54) is 12.8 Å². The average molecular weight is 305 g/mol. The molecule has 1 aliphatic rings. The molecule has 0 aromatic heterocycles. The van der Waals surface area contributed by atoms with Crippen molar-refractivity contribution in [2.45, 2.75) is 37.8 Å². The first-order valence-electron chi connectivity index (χ1n) is 7.81. The molecule has 1 aliphatic carbocycles. The first-order valence-corrected chi connectivity index (χ1v) is 7.81. The van der Waals surface area contributed by atoms with Crippen LogP contribution >= 0.6 is 0 Å². The van der Waals surface area contributed by atoms with Crippen LogP contribution < -0.4 is 5.32 Å². The normalized spacial score (nSPS) is 17.9. The number of methoxy groups -OCH3 is 1. The van der Waals surface area contributed by atoms with Crippen LogP contribution in [0.1, 0.15) is 26.2 Å². The van der Waals surface area contributed by atoms with Crippen LogP contribution in [0.2, 0.25) is 0 Å². The van der Waals surface area contributed by atoms with Crippen LogP contribution in [0.15, 0.2) is 0 Å². The second-order valence-electron chi connectivity index (χ2n) is 5.72. The quantitative estimate of drug-likeness (QED) is 0.431. The Balaban J connectivity index is 1.85. The van der Waals surface area contributed by atoms with Gasteiger partial charge in [-0.05, 0) is 26.2 Å². The summed E-state index contributed by atoms with van der Waals surface area (Å²) in [7, 11) is 1.65. The monoisotopic (exact) mass is 305 g/mol. The molecule has 0 saturated heterocycles. The summed E-state index contributed by atoms with van der Waals surface area (Å²) in [6.45, 7) is 6.32. The first kappa shape index (κ1) is 18.8. The topological polar surface area (TPSA) is 69.2 Å². The Morgan fingerprint density at radius 2 is 1.48 bits per heavy atom. The van der Waals surface area contributed by atoms with Gasteiger partial charge in [-0.2, -0.15) is 0 Å². The second kappa shape index (κ2) is 11.3. The fraction of sp³-hybridized carbons (Fsp3) is 1.00. The van der Waals surface area contributed by atoms with Gasteiger partial charge in [0, 0.05) is 25.3 Å². The third kappa shape index (κ3) is 10.2. The summed E-state index contributed by atoms with van der Waals surface area (Å²) in [5.41, 5.74) is -0.225. The minimum absolute atomic E-state index is 0.141. The van der Waals surface area contributed by atoms with E-state index in [9.17, 15) is 5.11 Å². The van der Waals surface area contributed by atoms with Crippen molar-refractivity contribution >= 4 is 0 Å². The number of ether oxygens (including phenoxy) is 4. The lowest BCUT2D eigenvalue weighted by Gasteiger charge is -2.28. The third-order valence-electron chi connectivity index (χ3n) is 3.45. The first-order chi connectivity index (χ1) is 10.2. The summed E-state index contributed by atoms with van der Waals surface area (Å²) in [6, 6.07) is 0.587. The Kier molecular flexibility index (Phi) is 10.2. The van der Waals surface area contributed by atoms with Crippen LogP contribution in [0.3, 0.4) is 0 Å². The van der Waals surface area contributed by atoms with E-state index in [1.54, 1.807) is 7.11 Å². The molecule has 126 valence electrons. The van der Waals surface area contributed by atoms with Gasteiger partial charge in [0.05, 0.1) is 46.2 Å². The fourth-order valence-corrected chi connectivity index (χ4v) is 1.90. The molecule has 1 saturated carbocycles. The van der Waals surface area contributed by atoms with Gasteiger partial charge >= 0.3 is 0 Å². The van der Waals surface area contributed by atoms with E-state index in [2.05, 4.69) is 5.32 Å². The molecule has 0 amide bonds. The van der Waals surface area contributed by atoms with Crippen LogP contribution in [0, 0.1) is 0 Å². The Hall–Kier alpha value is -0.240. The highest BCUT2D eigenvalue weighted by molar-refractivity contribution is 4.92. The summed E-state index contributed by atoms with van der Waals surface area (Å²) in [5, 5.41) is 12.9. The van der Waals surface area contributed by atoms with Crippen molar-refractivity contribution in [3.63, 3.8) is 0 Å². The molecule has 0 aromatic carbocycles. The number of rotatable bonds is 15. The van der Waals surface area contributed by atoms with Crippen LogP contribution in [0.5, 0.6) is 0 Å². The molecule has 21 heavy (non-hydrogen) atoms. The molecular weight excluding hydrogens is 274 g/mol. The van der Waals surface area contributed by atoms with Gasteiger partial charge in [0.15, 0.2) is 0 Å². The van der Waals surface area contributed by atoms with Crippen molar-refractivity contribution < 1.29 is 24.1 Å². The summed E-state index contributed by atoms with van der Waals surface area (Å²) >= 11 is 0. The third-order valence-corrected chi connectivity index (χ3v) is 3.45. The molecule has 0 radical (unpaired) electrons. The van der Waals surface area contributed by atoms with Crippen molar-refractivity contribution in [2.24, 2.45) is 0 Å². The Bertz CT molecular complexity index is 250. The van der Waals surface area contributed by atoms with Gasteiger partial charge in [-0.15, -0.1) is 0 Å². The van der Waals surface area contributed by atoms with E-state index in [0.717, 1.165) is 6.42 Å². The minimum atomic E-state index is -0.225. The van der Waals surface area contributed by atoms with Crippen molar-refractivity contribution in [1.29, 1.82) is 0 Å². The zero-order valence-corrected chi connectivity index (χ0v) is 13.4. The van der Waals surface area contributed by atoms with E-state index in [0.29, 0.717) is 52.3 Å². The fourth-order valence-electron chi connectivity index (χ4n) is 1.90. The van der Waals surface area contributed by atoms with Crippen molar-refractivity contribution in [3.8, 4) is 0 Å². The van der Waals surface area contributed by atoms with E-state index >= 15 is 0 Å². The molecule has 0 aliphatic heterocycles. The van der Waals surface area contributed by atoms with Crippen LogP contribution in [-0.4, -0.2) is 76.7 Å². The molecule has 2 N–H and O–H groups in total. The molecule has 6 heteroatoms. The van der Waals surface area contributed by atoms with Gasteiger partial charge in [-0.3, -0.25) is 0 Å². The maximum atomic E-state index is 9.46. The smallest absolute Gasteiger partial charge is 0.0701 e. The Labute approximate surface area is 128 Å². The summed E-state index contributed by atoms with van der Waals surface area (Å²) < 4.78 is 21.1. The van der Waals surface area contributed by atoms with E-state index in [1.807, 2.05) is 6.92 Å². The number of hydrogen-bond acceptors (Lipinski definition) is 6. The van der Waals surface area contributed by atoms with Gasteiger partial charge in [-0.25, -0.2) is 0 Å². The number of aliphatic hydroxyl groups is 1.